The molecule has 1 aromatic rings. The van der Waals surface area contributed by atoms with Crippen LogP contribution in [0.4, 0.5) is 8.78 Å². The van der Waals surface area contributed by atoms with Gasteiger partial charge < -0.3 is 0 Å². The third-order valence-electron chi connectivity index (χ3n) is 8.85. The molecule has 3 aliphatic carbocycles. The number of rotatable bonds is 6. The van der Waals surface area contributed by atoms with Crippen molar-refractivity contribution >= 4 is 0 Å². The first-order chi connectivity index (χ1) is 15.1. The zero-order valence-corrected chi connectivity index (χ0v) is 19.3. The molecule has 0 bridgehead atoms. The SMILES string of the molecule is C=CCCc1ccc(C2CCC(C3CCC4CC(/C=C/C)CCC4C3)CC2)c(F)c1F. The van der Waals surface area contributed by atoms with Gasteiger partial charge in [0.1, 0.15) is 0 Å². The van der Waals surface area contributed by atoms with Crippen LogP contribution >= 0.6 is 0 Å². The molecule has 0 heterocycles. The lowest BCUT2D eigenvalue weighted by atomic mass is 9.61. The summed E-state index contributed by atoms with van der Waals surface area (Å²) in [4.78, 5) is 0. The van der Waals surface area contributed by atoms with E-state index in [-0.39, 0.29) is 5.92 Å². The summed E-state index contributed by atoms with van der Waals surface area (Å²) in [6.07, 6.45) is 20.4. The van der Waals surface area contributed by atoms with E-state index in [2.05, 4.69) is 25.7 Å². The van der Waals surface area contributed by atoms with Crippen LogP contribution in [0.2, 0.25) is 0 Å². The van der Waals surface area contributed by atoms with Gasteiger partial charge in [0, 0.05) is 0 Å². The Hall–Kier alpha value is -1.44. The van der Waals surface area contributed by atoms with E-state index in [1.54, 1.807) is 12.1 Å². The molecule has 0 radical (unpaired) electrons. The molecule has 0 saturated heterocycles. The Morgan fingerprint density at radius 3 is 2.19 bits per heavy atom. The molecule has 0 amide bonds. The predicted octanol–water partition coefficient (Wildman–Crippen LogP) is 8.77. The van der Waals surface area contributed by atoms with Gasteiger partial charge in [-0.05, 0) is 131 Å². The molecule has 2 heteroatoms. The minimum atomic E-state index is -0.631. The van der Waals surface area contributed by atoms with Crippen LogP contribution in [0.25, 0.3) is 0 Å². The summed E-state index contributed by atoms with van der Waals surface area (Å²) in [6.45, 7) is 5.83. The molecule has 3 saturated carbocycles. The van der Waals surface area contributed by atoms with Gasteiger partial charge in [0.25, 0.3) is 0 Å². The molecule has 4 rings (SSSR count). The van der Waals surface area contributed by atoms with Crippen molar-refractivity contribution in [2.75, 3.05) is 0 Å². The fourth-order valence-corrected chi connectivity index (χ4v) is 7.11. The summed E-state index contributed by atoms with van der Waals surface area (Å²) in [5.74, 6) is 3.32. The van der Waals surface area contributed by atoms with Crippen LogP contribution in [0.3, 0.4) is 0 Å². The summed E-state index contributed by atoms with van der Waals surface area (Å²) in [5, 5.41) is 0. The van der Waals surface area contributed by atoms with E-state index in [0.717, 1.165) is 42.4 Å². The molecular formula is C29H40F2. The standard InChI is InChI=1S/C29H40F2/c1-3-5-7-23-16-17-27(29(31)28(23)30)22-12-10-21(11-13-22)25-15-14-24-18-20(6-4-2)8-9-26(24)19-25/h3-4,6,16-17,20-22,24-26H,1,5,7-15,18-19H2,2H3/b6-4+. The van der Waals surface area contributed by atoms with E-state index in [1.807, 2.05) is 6.07 Å². The molecule has 0 spiro atoms. The van der Waals surface area contributed by atoms with E-state index < -0.39 is 11.6 Å². The van der Waals surface area contributed by atoms with Crippen LogP contribution < -0.4 is 0 Å². The maximum absolute atomic E-state index is 14.8. The van der Waals surface area contributed by atoms with Crippen molar-refractivity contribution in [3.63, 3.8) is 0 Å². The summed E-state index contributed by atoms with van der Waals surface area (Å²) in [7, 11) is 0. The van der Waals surface area contributed by atoms with Gasteiger partial charge in [0.15, 0.2) is 11.6 Å². The number of aryl methyl sites for hydroxylation is 1. The molecular weight excluding hydrogens is 386 g/mol. The van der Waals surface area contributed by atoms with Crippen LogP contribution in [0.1, 0.15) is 94.6 Å². The lowest BCUT2D eigenvalue weighted by Crippen LogP contribution is -2.34. The number of allylic oxidation sites excluding steroid dienone is 3. The maximum Gasteiger partial charge on any atom is 0.162 e. The van der Waals surface area contributed by atoms with Crippen LogP contribution in [0.5, 0.6) is 0 Å². The largest absolute Gasteiger partial charge is 0.203 e. The topological polar surface area (TPSA) is 0 Å². The quantitative estimate of drug-likeness (QED) is 0.399. The van der Waals surface area contributed by atoms with E-state index in [1.165, 1.54) is 51.4 Å². The van der Waals surface area contributed by atoms with Crippen molar-refractivity contribution in [1.29, 1.82) is 0 Å². The summed E-state index contributed by atoms with van der Waals surface area (Å²) in [5.41, 5.74) is 1.10. The normalized spacial score (nSPS) is 33.9. The van der Waals surface area contributed by atoms with Gasteiger partial charge in [0.2, 0.25) is 0 Å². The van der Waals surface area contributed by atoms with E-state index in [9.17, 15) is 8.78 Å². The van der Waals surface area contributed by atoms with Gasteiger partial charge >= 0.3 is 0 Å². The molecule has 4 atom stereocenters. The molecule has 0 nitrogen and oxygen atoms in total. The van der Waals surface area contributed by atoms with E-state index >= 15 is 0 Å². The van der Waals surface area contributed by atoms with Crippen LogP contribution in [-0.4, -0.2) is 0 Å². The summed E-state index contributed by atoms with van der Waals surface area (Å²) < 4.78 is 29.3. The minimum Gasteiger partial charge on any atom is -0.203 e. The Bertz CT molecular complexity index is 771. The van der Waals surface area contributed by atoms with Gasteiger partial charge in [-0.25, -0.2) is 8.78 Å². The fraction of sp³-hybridized carbons (Fsp3) is 0.655. The van der Waals surface area contributed by atoms with Gasteiger partial charge in [-0.3, -0.25) is 0 Å². The Labute approximate surface area is 188 Å². The third-order valence-corrected chi connectivity index (χ3v) is 8.85. The lowest BCUT2D eigenvalue weighted by Gasteiger charge is -2.45. The molecule has 3 aliphatic rings. The Balaban J connectivity index is 1.31. The van der Waals surface area contributed by atoms with Gasteiger partial charge in [0.05, 0.1) is 0 Å². The van der Waals surface area contributed by atoms with Crippen molar-refractivity contribution in [2.24, 2.45) is 29.6 Å². The predicted molar refractivity (Wildman–Crippen MR) is 126 cm³/mol. The number of benzene rings is 1. The Morgan fingerprint density at radius 1 is 0.839 bits per heavy atom. The first-order valence-corrected chi connectivity index (χ1v) is 12.8. The van der Waals surface area contributed by atoms with Crippen molar-refractivity contribution in [2.45, 2.75) is 89.9 Å². The molecule has 0 N–H and O–H groups in total. The number of fused-ring (bicyclic) bond motifs is 1. The van der Waals surface area contributed by atoms with Gasteiger partial charge in [-0.2, -0.15) is 0 Å². The number of halogens is 2. The minimum absolute atomic E-state index is 0.187. The van der Waals surface area contributed by atoms with Crippen LogP contribution in [0, 0.1) is 41.2 Å². The Kier molecular flexibility index (Phi) is 7.67. The molecule has 0 aromatic heterocycles. The smallest absolute Gasteiger partial charge is 0.162 e. The highest BCUT2D eigenvalue weighted by atomic mass is 19.2. The van der Waals surface area contributed by atoms with Crippen molar-refractivity contribution < 1.29 is 8.78 Å². The van der Waals surface area contributed by atoms with Crippen molar-refractivity contribution in [3.8, 4) is 0 Å². The number of hydrogen-bond acceptors (Lipinski definition) is 0. The van der Waals surface area contributed by atoms with Crippen molar-refractivity contribution in [1.82, 2.24) is 0 Å². The second-order valence-electron chi connectivity index (χ2n) is 10.6. The average Bonchev–Trinajstić information content (AvgIpc) is 2.80. The molecule has 1 aromatic carbocycles. The molecule has 0 aliphatic heterocycles. The average molecular weight is 427 g/mol. The van der Waals surface area contributed by atoms with Crippen LogP contribution in [-0.2, 0) is 6.42 Å². The van der Waals surface area contributed by atoms with Crippen molar-refractivity contribution in [3.05, 3.63) is 59.7 Å². The number of hydrogen-bond donors (Lipinski definition) is 0. The maximum atomic E-state index is 14.8. The highest BCUT2D eigenvalue weighted by Crippen LogP contribution is 2.50. The highest BCUT2D eigenvalue weighted by Gasteiger charge is 2.38. The zero-order chi connectivity index (χ0) is 21.8. The summed E-state index contributed by atoms with van der Waals surface area (Å²) >= 11 is 0. The fourth-order valence-electron chi connectivity index (χ4n) is 7.11. The lowest BCUT2D eigenvalue weighted by molar-refractivity contribution is 0.0717. The van der Waals surface area contributed by atoms with Gasteiger partial charge in [-0.15, -0.1) is 6.58 Å². The van der Waals surface area contributed by atoms with Crippen LogP contribution in [0.15, 0.2) is 36.9 Å². The van der Waals surface area contributed by atoms with E-state index in [4.69, 9.17) is 0 Å². The Morgan fingerprint density at radius 2 is 1.48 bits per heavy atom. The molecule has 170 valence electrons. The molecule has 3 fully saturated rings. The second-order valence-corrected chi connectivity index (χ2v) is 10.6. The first kappa shape index (κ1) is 22.7. The second kappa shape index (κ2) is 10.5. The third kappa shape index (κ3) is 5.15. The van der Waals surface area contributed by atoms with E-state index in [0.29, 0.717) is 24.0 Å². The summed E-state index contributed by atoms with van der Waals surface area (Å²) in [6, 6.07) is 3.66. The molecule has 31 heavy (non-hydrogen) atoms. The first-order valence-electron chi connectivity index (χ1n) is 12.8. The van der Waals surface area contributed by atoms with Gasteiger partial charge in [-0.1, -0.05) is 30.4 Å². The monoisotopic (exact) mass is 426 g/mol. The zero-order valence-electron chi connectivity index (χ0n) is 19.3. The highest BCUT2D eigenvalue weighted by molar-refractivity contribution is 5.29. The molecule has 4 unspecified atom stereocenters.